The Bertz CT molecular complexity index is 803. The molecule has 2 atom stereocenters. The molecule has 0 N–H and O–H groups in total. The van der Waals surface area contributed by atoms with E-state index in [1.807, 2.05) is 12.1 Å². The summed E-state index contributed by atoms with van der Waals surface area (Å²) in [5, 5.41) is 22.0. The Kier molecular flexibility index (Phi) is 12.8. The van der Waals surface area contributed by atoms with Gasteiger partial charge >= 0.3 is 37.7 Å². The van der Waals surface area contributed by atoms with E-state index in [4.69, 9.17) is 0 Å². The summed E-state index contributed by atoms with van der Waals surface area (Å²) in [4.78, 5) is 30.2. The first-order valence-electron chi connectivity index (χ1n) is 9.98. The van der Waals surface area contributed by atoms with Crippen LogP contribution < -0.4 is 47.9 Å². The predicted octanol–water partition coefficient (Wildman–Crippen LogP) is -3.04. The molecule has 0 saturated heterocycles. The third-order valence-electron chi connectivity index (χ3n) is 5.32. The van der Waals surface area contributed by atoms with E-state index in [0.29, 0.717) is 36.1 Å². The number of carbonyl (C=O) groups is 2. The normalized spacial score (nSPS) is 16.3. The van der Waals surface area contributed by atoms with Crippen LogP contribution in [0.1, 0.15) is 61.7 Å². The average molecular weight is 552 g/mol. The maximum atomic E-state index is 11.0. The molecule has 0 bridgehead atoms. The van der Waals surface area contributed by atoms with Gasteiger partial charge in [0.15, 0.2) is 0 Å². The van der Waals surface area contributed by atoms with Crippen LogP contribution in [0.15, 0.2) is 45.6 Å². The number of carboxylic acid groups (broad SMARTS) is 2. The van der Waals surface area contributed by atoms with Crippen LogP contribution in [0.5, 0.6) is 0 Å². The number of carboxylic acids is 2. The number of rotatable bonds is 8. The van der Waals surface area contributed by atoms with Crippen molar-refractivity contribution >= 4 is 43.8 Å². The van der Waals surface area contributed by atoms with E-state index in [1.54, 1.807) is 24.5 Å². The average Bonchev–Trinajstić information content (AvgIpc) is 3.61. The number of aliphatic carboxylic acids is 2. The molecule has 6 nitrogen and oxygen atoms in total. The van der Waals surface area contributed by atoms with Crippen molar-refractivity contribution in [3.05, 3.63) is 57.0 Å². The summed E-state index contributed by atoms with van der Waals surface area (Å²) < 4.78 is 1.71. The zero-order valence-electron chi connectivity index (χ0n) is 18.3. The van der Waals surface area contributed by atoms with Gasteiger partial charge in [0.1, 0.15) is 0 Å². The minimum absolute atomic E-state index is 0. The summed E-state index contributed by atoms with van der Waals surface area (Å²) >= 11 is 6.54. The molecule has 32 heavy (non-hydrogen) atoms. The fourth-order valence-electron chi connectivity index (χ4n) is 3.24. The predicted molar refractivity (Wildman–Crippen MR) is 114 cm³/mol. The van der Waals surface area contributed by atoms with E-state index in [-0.39, 0.29) is 37.7 Å². The second-order valence-corrected chi connectivity index (χ2v) is 9.74. The molecule has 0 aliphatic heterocycles. The van der Waals surface area contributed by atoms with Crippen molar-refractivity contribution in [1.82, 2.24) is 9.97 Å². The third kappa shape index (κ3) is 9.71. The summed E-state index contributed by atoms with van der Waals surface area (Å²) in [6.07, 6.45) is 9.13. The van der Waals surface area contributed by atoms with Gasteiger partial charge in [0, 0.05) is 44.6 Å². The standard InChI is InChI=1S/2C11H12BrNO2.2Li/c2*12-8-3-4-10(13-6-8)9(11(14)15)5-7-1-2-7;;/h2*3-4,6-7,9H,1-2,5H2,(H,14,15);;/q;;2*+1/p-2. The summed E-state index contributed by atoms with van der Waals surface area (Å²) in [6.45, 7) is 0. The molecule has 2 heterocycles. The van der Waals surface area contributed by atoms with Crippen molar-refractivity contribution in [2.45, 2.75) is 50.4 Å². The fourth-order valence-corrected chi connectivity index (χ4v) is 3.71. The number of nitrogens with zero attached hydrogens (tertiary/aromatic N) is 2. The molecule has 0 amide bonds. The Labute approximate surface area is 229 Å². The Morgan fingerprint density at radius 2 is 1.12 bits per heavy atom. The Morgan fingerprint density at radius 3 is 1.34 bits per heavy atom. The third-order valence-corrected chi connectivity index (χ3v) is 6.25. The van der Waals surface area contributed by atoms with Gasteiger partial charge in [-0.15, -0.1) is 0 Å². The summed E-state index contributed by atoms with van der Waals surface area (Å²) in [7, 11) is 0. The molecule has 10 heteroatoms. The Morgan fingerprint density at radius 1 is 0.781 bits per heavy atom. The molecule has 2 saturated carbocycles. The molecule has 0 spiro atoms. The topological polar surface area (TPSA) is 106 Å². The van der Waals surface area contributed by atoms with Gasteiger partial charge in [-0.3, -0.25) is 9.97 Å². The van der Waals surface area contributed by atoms with Gasteiger partial charge in [0.2, 0.25) is 0 Å². The van der Waals surface area contributed by atoms with Gasteiger partial charge in [0.05, 0.1) is 11.9 Å². The van der Waals surface area contributed by atoms with E-state index in [1.165, 1.54) is 0 Å². The van der Waals surface area contributed by atoms with Gasteiger partial charge in [-0.1, -0.05) is 25.7 Å². The molecule has 2 aliphatic rings. The first kappa shape index (κ1) is 29.4. The molecular weight excluding hydrogens is 530 g/mol. The summed E-state index contributed by atoms with van der Waals surface area (Å²) in [6, 6.07) is 7.11. The van der Waals surface area contributed by atoms with Crippen molar-refractivity contribution in [3.8, 4) is 0 Å². The number of hydrogen-bond donors (Lipinski definition) is 0. The zero-order valence-corrected chi connectivity index (χ0v) is 21.5. The molecule has 2 fully saturated rings. The molecule has 0 aromatic carbocycles. The van der Waals surface area contributed by atoms with Gasteiger partial charge < -0.3 is 19.8 Å². The van der Waals surface area contributed by atoms with Crippen molar-refractivity contribution < 1.29 is 57.5 Å². The largest absolute Gasteiger partial charge is 1.00 e. The van der Waals surface area contributed by atoms with E-state index >= 15 is 0 Å². The molecule has 2 aromatic rings. The van der Waals surface area contributed by atoms with Gasteiger partial charge in [-0.05, 0) is 80.8 Å². The van der Waals surface area contributed by atoms with E-state index < -0.39 is 23.8 Å². The quantitative estimate of drug-likeness (QED) is 0.323. The molecule has 0 radical (unpaired) electrons. The van der Waals surface area contributed by atoms with Crippen LogP contribution in [0.4, 0.5) is 0 Å². The minimum Gasteiger partial charge on any atom is -0.549 e. The monoisotopic (exact) mass is 550 g/mol. The van der Waals surface area contributed by atoms with Crippen LogP contribution in [0.2, 0.25) is 0 Å². The summed E-state index contributed by atoms with van der Waals surface area (Å²) in [5.41, 5.74) is 1.20. The second kappa shape index (κ2) is 13.9. The smallest absolute Gasteiger partial charge is 0.549 e. The summed E-state index contributed by atoms with van der Waals surface area (Å²) in [5.74, 6) is -2.03. The van der Waals surface area contributed by atoms with Crippen molar-refractivity contribution in [2.75, 3.05) is 0 Å². The molecule has 4 rings (SSSR count). The van der Waals surface area contributed by atoms with Crippen LogP contribution in [-0.4, -0.2) is 21.9 Å². The van der Waals surface area contributed by atoms with E-state index in [2.05, 4.69) is 41.8 Å². The first-order chi connectivity index (χ1) is 14.3. The number of carbonyl (C=O) groups excluding carboxylic acids is 2. The number of halogens is 2. The van der Waals surface area contributed by atoms with Gasteiger partial charge in [-0.25, -0.2) is 0 Å². The minimum atomic E-state index is -1.02. The maximum absolute atomic E-state index is 11.0. The first-order valence-corrected chi connectivity index (χ1v) is 11.6. The molecule has 160 valence electrons. The zero-order chi connectivity index (χ0) is 21.7. The number of aromatic nitrogens is 2. The van der Waals surface area contributed by atoms with Crippen LogP contribution in [0.25, 0.3) is 0 Å². The van der Waals surface area contributed by atoms with Crippen LogP contribution in [0, 0.1) is 11.8 Å². The van der Waals surface area contributed by atoms with Crippen molar-refractivity contribution in [1.29, 1.82) is 0 Å². The molecule has 2 aromatic heterocycles. The van der Waals surface area contributed by atoms with Crippen molar-refractivity contribution in [3.63, 3.8) is 0 Å². The van der Waals surface area contributed by atoms with Gasteiger partial charge in [-0.2, -0.15) is 0 Å². The van der Waals surface area contributed by atoms with Crippen LogP contribution in [0.3, 0.4) is 0 Å². The molecule has 2 aliphatic carbocycles. The maximum Gasteiger partial charge on any atom is 1.00 e. The van der Waals surface area contributed by atoms with Gasteiger partial charge in [0.25, 0.3) is 0 Å². The Balaban J connectivity index is 0.000000301. The Hall–Kier alpha value is -0.605. The second-order valence-electron chi connectivity index (χ2n) is 7.90. The number of hydrogen-bond acceptors (Lipinski definition) is 6. The molecular formula is C22H22Br2Li2N2O4. The van der Waals surface area contributed by atoms with E-state index in [9.17, 15) is 19.8 Å². The van der Waals surface area contributed by atoms with Crippen LogP contribution in [-0.2, 0) is 9.59 Å². The van der Waals surface area contributed by atoms with Crippen molar-refractivity contribution in [2.24, 2.45) is 11.8 Å². The SMILES string of the molecule is O=C([O-])C(CC1CC1)c1ccc(Br)cn1.O=C([O-])C(CC1CC1)c1ccc(Br)cn1.[Li+].[Li+]. The van der Waals surface area contributed by atoms with E-state index in [0.717, 1.165) is 34.6 Å². The van der Waals surface area contributed by atoms with Crippen LogP contribution >= 0.6 is 31.9 Å². The number of pyridine rings is 2. The molecule has 2 unspecified atom stereocenters. The fraction of sp³-hybridized carbons (Fsp3) is 0.455.